The highest BCUT2D eigenvalue weighted by atomic mass is 79.9. The Morgan fingerprint density at radius 3 is 2.89 bits per heavy atom. The second-order valence-electron chi connectivity index (χ2n) is 3.78. The second kappa shape index (κ2) is 6.08. The highest BCUT2D eigenvalue weighted by Crippen LogP contribution is 2.23. The predicted molar refractivity (Wildman–Crippen MR) is 78.6 cm³/mol. The predicted octanol–water partition coefficient (Wildman–Crippen LogP) is 3.20. The monoisotopic (exact) mass is 340 g/mol. The number of ether oxygens (including phenoxy) is 1. The van der Waals surface area contributed by atoms with Crippen molar-refractivity contribution in [3.8, 4) is 5.75 Å². The van der Waals surface area contributed by atoms with E-state index < -0.39 is 5.82 Å². The summed E-state index contributed by atoms with van der Waals surface area (Å²) in [5.41, 5.74) is 6.83. The van der Waals surface area contributed by atoms with E-state index >= 15 is 0 Å². The molecule has 1 heterocycles. The van der Waals surface area contributed by atoms with Crippen LogP contribution >= 0.6 is 28.1 Å². The molecule has 0 aliphatic heterocycles. The van der Waals surface area contributed by atoms with Crippen molar-refractivity contribution in [2.45, 2.75) is 6.61 Å². The molecule has 0 unspecified atom stereocenters. The van der Waals surface area contributed by atoms with Gasteiger partial charge in [-0.1, -0.05) is 28.1 Å². The number of thiocarbonyl (C=S) groups is 1. The molecule has 0 amide bonds. The molecule has 0 aliphatic rings. The Balaban J connectivity index is 2.12. The van der Waals surface area contributed by atoms with Crippen LogP contribution in [-0.4, -0.2) is 9.97 Å². The Hall–Kier alpha value is -1.53. The molecule has 1 aromatic carbocycles. The first-order chi connectivity index (χ1) is 9.06. The molecule has 2 N–H and O–H groups in total. The Bertz CT molecular complexity index is 621. The highest BCUT2D eigenvalue weighted by Gasteiger charge is 2.05. The molecule has 19 heavy (non-hydrogen) atoms. The van der Waals surface area contributed by atoms with E-state index in [9.17, 15) is 4.39 Å². The summed E-state index contributed by atoms with van der Waals surface area (Å²) in [4.78, 5) is 4.24. The SMILES string of the molecule is NC(=S)c1cc(COc2cc(Br)ccc2F)ccn1. The van der Waals surface area contributed by atoms with E-state index in [4.69, 9.17) is 22.7 Å². The number of rotatable bonds is 4. The van der Waals surface area contributed by atoms with Crippen LogP contribution in [-0.2, 0) is 6.61 Å². The number of nitrogens with two attached hydrogens (primary N) is 1. The Morgan fingerprint density at radius 1 is 1.37 bits per heavy atom. The van der Waals surface area contributed by atoms with Crippen LogP contribution in [0, 0.1) is 5.82 Å². The normalized spacial score (nSPS) is 10.2. The molecule has 0 saturated heterocycles. The Kier molecular flexibility index (Phi) is 4.44. The van der Waals surface area contributed by atoms with Gasteiger partial charge in [0.05, 0.1) is 5.69 Å². The van der Waals surface area contributed by atoms with E-state index in [1.54, 1.807) is 30.5 Å². The molecular formula is C13H10BrFN2OS. The quantitative estimate of drug-likeness (QED) is 0.868. The largest absolute Gasteiger partial charge is 0.486 e. The van der Waals surface area contributed by atoms with Crippen LogP contribution in [0.4, 0.5) is 4.39 Å². The summed E-state index contributed by atoms with van der Waals surface area (Å²) in [5, 5.41) is 0. The van der Waals surface area contributed by atoms with E-state index in [-0.39, 0.29) is 17.3 Å². The van der Waals surface area contributed by atoms with Gasteiger partial charge in [0.1, 0.15) is 11.6 Å². The van der Waals surface area contributed by atoms with Gasteiger partial charge >= 0.3 is 0 Å². The van der Waals surface area contributed by atoms with Gasteiger partial charge in [0.15, 0.2) is 11.6 Å². The van der Waals surface area contributed by atoms with Crippen molar-refractivity contribution in [3.63, 3.8) is 0 Å². The topological polar surface area (TPSA) is 48.1 Å². The molecule has 3 nitrogen and oxygen atoms in total. The number of hydrogen-bond acceptors (Lipinski definition) is 3. The van der Waals surface area contributed by atoms with E-state index in [1.807, 2.05) is 0 Å². The van der Waals surface area contributed by atoms with Crippen LogP contribution in [0.1, 0.15) is 11.3 Å². The number of halogens is 2. The molecule has 2 aromatic rings. The van der Waals surface area contributed by atoms with Crippen LogP contribution in [0.5, 0.6) is 5.75 Å². The van der Waals surface area contributed by atoms with Crippen LogP contribution in [0.3, 0.4) is 0 Å². The van der Waals surface area contributed by atoms with Gasteiger partial charge in [-0.15, -0.1) is 0 Å². The fourth-order valence-corrected chi connectivity index (χ4v) is 1.90. The number of pyridine rings is 1. The average molecular weight is 341 g/mol. The third-order valence-electron chi connectivity index (χ3n) is 2.36. The third-order valence-corrected chi connectivity index (χ3v) is 3.07. The summed E-state index contributed by atoms with van der Waals surface area (Å²) in [6.07, 6.45) is 1.59. The molecule has 2 rings (SSSR count). The molecule has 6 heteroatoms. The smallest absolute Gasteiger partial charge is 0.165 e. The van der Waals surface area contributed by atoms with E-state index in [0.29, 0.717) is 5.69 Å². The summed E-state index contributed by atoms with van der Waals surface area (Å²) in [7, 11) is 0. The van der Waals surface area contributed by atoms with E-state index in [2.05, 4.69) is 20.9 Å². The Labute approximate surface area is 123 Å². The maximum absolute atomic E-state index is 13.5. The number of benzene rings is 1. The molecule has 0 radical (unpaired) electrons. The highest BCUT2D eigenvalue weighted by molar-refractivity contribution is 9.10. The van der Waals surface area contributed by atoms with Crippen LogP contribution < -0.4 is 10.5 Å². The summed E-state index contributed by atoms with van der Waals surface area (Å²) in [6, 6.07) is 8.01. The maximum atomic E-state index is 13.5. The van der Waals surface area contributed by atoms with Crippen molar-refractivity contribution >= 4 is 33.1 Å². The zero-order valence-electron chi connectivity index (χ0n) is 9.77. The lowest BCUT2D eigenvalue weighted by molar-refractivity contribution is 0.290. The first kappa shape index (κ1) is 13.9. The van der Waals surface area contributed by atoms with Crippen LogP contribution in [0.2, 0.25) is 0 Å². The molecular weight excluding hydrogens is 331 g/mol. The number of hydrogen-bond donors (Lipinski definition) is 1. The molecule has 1 aromatic heterocycles. The fraction of sp³-hybridized carbons (Fsp3) is 0.0769. The van der Waals surface area contributed by atoms with Gasteiger partial charge in [-0.3, -0.25) is 4.98 Å². The standard InChI is InChI=1S/C13H10BrFN2OS/c14-9-1-2-10(15)12(6-9)18-7-8-3-4-17-11(5-8)13(16)19/h1-6H,7H2,(H2,16,19). The van der Waals surface area contributed by atoms with Crippen molar-refractivity contribution in [2.75, 3.05) is 0 Å². The van der Waals surface area contributed by atoms with Crippen molar-refractivity contribution in [1.82, 2.24) is 4.98 Å². The van der Waals surface area contributed by atoms with Gasteiger partial charge in [-0.25, -0.2) is 4.39 Å². The molecule has 0 fully saturated rings. The van der Waals surface area contributed by atoms with Gasteiger partial charge in [0.25, 0.3) is 0 Å². The zero-order valence-corrected chi connectivity index (χ0v) is 12.2. The van der Waals surface area contributed by atoms with Crippen LogP contribution in [0.25, 0.3) is 0 Å². The fourth-order valence-electron chi connectivity index (χ4n) is 1.45. The van der Waals surface area contributed by atoms with Crippen molar-refractivity contribution in [2.24, 2.45) is 5.73 Å². The van der Waals surface area contributed by atoms with E-state index in [0.717, 1.165) is 10.0 Å². The van der Waals surface area contributed by atoms with Crippen molar-refractivity contribution in [1.29, 1.82) is 0 Å². The van der Waals surface area contributed by atoms with Crippen LogP contribution in [0.15, 0.2) is 41.0 Å². The second-order valence-corrected chi connectivity index (χ2v) is 5.13. The molecule has 0 saturated carbocycles. The lowest BCUT2D eigenvalue weighted by atomic mass is 10.2. The first-order valence-electron chi connectivity index (χ1n) is 5.39. The summed E-state index contributed by atoms with van der Waals surface area (Å²) in [5.74, 6) is -0.227. The van der Waals surface area contributed by atoms with Gasteiger partial charge in [0, 0.05) is 10.7 Å². The maximum Gasteiger partial charge on any atom is 0.165 e. The van der Waals surface area contributed by atoms with Crippen molar-refractivity contribution in [3.05, 3.63) is 58.1 Å². The molecule has 0 bridgehead atoms. The zero-order chi connectivity index (χ0) is 13.8. The minimum atomic E-state index is -0.410. The average Bonchev–Trinajstić information content (AvgIpc) is 2.40. The third kappa shape index (κ3) is 3.71. The molecule has 0 atom stereocenters. The van der Waals surface area contributed by atoms with Crippen molar-refractivity contribution < 1.29 is 9.13 Å². The number of nitrogens with zero attached hydrogens (tertiary/aromatic N) is 1. The minimum Gasteiger partial charge on any atom is -0.486 e. The lowest BCUT2D eigenvalue weighted by Crippen LogP contribution is -2.12. The number of aromatic nitrogens is 1. The molecule has 98 valence electrons. The lowest BCUT2D eigenvalue weighted by Gasteiger charge is -2.08. The van der Waals surface area contributed by atoms with E-state index in [1.165, 1.54) is 6.07 Å². The summed E-state index contributed by atoms with van der Waals surface area (Å²) in [6.45, 7) is 0.214. The molecule has 0 aliphatic carbocycles. The first-order valence-corrected chi connectivity index (χ1v) is 6.59. The Morgan fingerprint density at radius 2 is 2.16 bits per heavy atom. The van der Waals surface area contributed by atoms with Gasteiger partial charge < -0.3 is 10.5 Å². The van der Waals surface area contributed by atoms with Gasteiger partial charge in [-0.05, 0) is 35.9 Å². The van der Waals surface area contributed by atoms with Gasteiger partial charge in [0.2, 0.25) is 0 Å². The van der Waals surface area contributed by atoms with Gasteiger partial charge in [-0.2, -0.15) is 0 Å². The minimum absolute atomic E-state index is 0.183. The molecule has 0 spiro atoms. The summed E-state index contributed by atoms with van der Waals surface area (Å²) < 4.78 is 19.7. The summed E-state index contributed by atoms with van der Waals surface area (Å²) >= 11 is 8.11.